The first-order valence-corrected chi connectivity index (χ1v) is 11.6. The van der Waals surface area contributed by atoms with Crippen LogP contribution in [0.5, 0.6) is 11.5 Å². The van der Waals surface area contributed by atoms with Gasteiger partial charge in [0.05, 0.1) is 0 Å². The largest absolute Gasteiger partial charge is 0.507 e. The zero-order valence-electron chi connectivity index (χ0n) is 20.0. The first-order valence-electron chi connectivity index (χ1n) is 11.6. The SMILES string of the molecule is C=C(C)C1CCC(COC(C)=O)=C[C@@H]1c1c(O)cc(C(C)(C)CCCCCC)cc1O. The lowest BCUT2D eigenvalue weighted by Crippen LogP contribution is -2.21. The van der Waals surface area contributed by atoms with Crippen molar-refractivity contribution in [1.29, 1.82) is 0 Å². The monoisotopic (exact) mass is 428 g/mol. The molecule has 0 aliphatic heterocycles. The zero-order chi connectivity index (χ0) is 23.2. The predicted octanol–water partition coefficient (Wildman–Crippen LogP) is 6.91. The standard InChI is InChI=1S/C27H40O4/c1-7-8-9-10-13-27(5,6)21-15-24(29)26(25(30)16-21)23-14-20(17-31-19(4)28)11-12-22(23)18(2)3/h14-16,22-23,29-30H,2,7-13,17H2,1,3-6H3/t22?,23-/m0/s1. The molecule has 2 rings (SSSR count). The summed E-state index contributed by atoms with van der Waals surface area (Å²) in [4.78, 5) is 11.2. The molecule has 1 unspecified atom stereocenters. The summed E-state index contributed by atoms with van der Waals surface area (Å²) < 4.78 is 5.19. The highest BCUT2D eigenvalue weighted by atomic mass is 16.5. The Labute approximate surface area is 188 Å². The molecule has 2 N–H and O–H groups in total. The Kier molecular flexibility index (Phi) is 8.79. The Morgan fingerprint density at radius 2 is 1.81 bits per heavy atom. The van der Waals surface area contributed by atoms with E-state index in [-0.39, 0.29) is 41.3 Å². The first kappa shape index (κ1) is 25.0. The van der Waals surface area contributed by atoms with Gasteiger partial charge in [-0.2, -0.15) is 0 Å². The molecule has 1 aliphatic carbocycles. The summed E-state index contributed by atoms with van der Waals surface area (Å²) in [5, 5.41) is 22.0. The number of esters is 1. The summed E-state index contributed by atoms with van der Waals surface area (Å²) in [7, 11) is 0. The van der Waals surface area contributed by atoms with Gasteiger partial charge in [-0.3, -0.25) is 4.79 Å². The molecule has 0 spiro atoms. The average Bonchev–Trinajstić information content (AvgIpc) is 2.69. The highest BCUT2D eigenvalue weighted by molar-refractivity contribution is 5.66. The van der Waals surface area contributed by atoms with E-state index in [0.29, 0.717) is 5.56 Å². The van der Waals surface area contributed by atoms with Crippen molar-refractivity contribution in [2.75, 3.05) is 6.61 Å². The number of benzene rings is 1. The molecule has 0 saturated heterocycles. The van der Waals surface area contributed by atoms with Crippen LogP contribution >= 0.6 is 0 Å². The van der Waals surface area contributed by atoms with Crippen molar-refractivity contribution in [3.63, 3.8) is 0 Å². The second-order valence-electron chi connectivity index (χ2n) is 9.75. The van der Waals surface area contributed by atoms with Gasteiger partial charge in [-0.05, 0) is 60.8 Å². The zero-order valence-corrected chi connectivity index (χ0v) is 20.0. The van der Waals surface area contributed by atoms with Crippen molar-refractivity contribution in [1.82, 2.24) is 0 Å². The van der Waals surface area contributed by atoms with Gasteiger partial charge in [0.2, 0.25) is 0 Å². The lowest BCUT2D eigenvalue weighted by Gasteiger charge is -2.33. The van der Waals surface area contributed by atoms with Crippen LogP contribution < -0.4 is 0 Å². The van der Waals surface area contributed by atoms with Crippen LogP contribution in [0.25, 0.3) is 0 Å². The number of phenols is 2. The van der Waals surface area contributed by atoms with Gasteiger partial charge in [0.15, 0.2) is 0 Å². The third-order valence-corrected chi connectivity index (χ3v) is 6.63. The maximum Gasteiger partial charge on any atom is 0.302 e. The van der Waals surface area contributed by atoms with Crippen molar-refractivity contribution in [3.05, 3.63) is 47.1 Å². The molecule has 31 heavy (non-hydrogen) atoms. The first-order chi connectivity index (χ1) is 14.6. The molecule has 172 valence electrons. The molecular formula is C27H40O4. The van der Waals surface area contributed by atoms with Crippen LogP contribution in [0.2, 0.25) is 0 Å². The number of ether oxygens (including phenoxy) is 1. The van der Waals surface area contributed by atoms with E-state index in [1.165, 1.54) is 26.2 Å². The van der Waals surface area contributed by atoms with Gasteiger partial charge in [-0.1, -0.05) is 64.7 Å². The molecule has 0 saturated carbocycles. The maximum absolute atomic E-state index is 11.2. The average molecular weight is 429 g/mol. The van der Waals surface area contributed by atoms with Gasteiger partial charge in [0, 0.05) is 18.4 Å². The van der Waals surface area contributed by atoms with Crippen LogP contribution in [-0.4, -0.2) is 22.8 Å². The molecule has 0 bridgehead atoms. The third kappa shape index (κ3) is 6.62. The van der Waals surface area contributed by atoms with Gasteiger partial charge in [-0.15, -0.1) is 0 Å². The van der Waals surface area contributed by atoms with Gasteiger partial charge in [-0.25, -0.2) is 0 Å². The molecule has 0 radical (unpaired) electrons. The van der Waals surface area contributed by atoms with Gasteiger partial charge in [0.1, 0.15) is 18.1 Å². The number of phenolic OH excluding ortho intramolecular Hbond substituents is 2. The topological polar surface area (TPSA) is 66.8 Å². The molecule has 0 heterocycles. The summed E-state index contributed by atoms with van der Waals surface area (Å²) in [6, 6.07) is 3.64. The Bertz CT molecular complexity index is 796. The van der Waals surface area contributed by atoms with E-state index in [2.05, 4.69) is 27.4 Å². The number of carbonyl (C=O) groups is 1. The van der Waals surface area contributed by atoms with E-state index in [0.717, 1.165) is 42.4 Å². The quantitative estimate of drug-likeness (QED) is 0.241. The van der Waals surface area contributed by atoms with Gasteiger partial charge >= 0.3 is 5.97 Å². The van der Waals surface area contributed by atoms with Crippen molar-refractivity contribution in [2.45, 2.75) is 90.9 Å². The number of aromatic hydroxyl groups is 2. The fourth-order valence-electron chi connectivity index (χ4n) is 4.62. The van der Waals surface area contributed by atoms with Gasteiger partial charge in [0.25, 0.3) is 0 Å². The Balaban J connectivity index is 2.35. The van der Waals surface area contributed by atoms with E-state index in [1.54, 1.807) is 0 Å². The summed E-state index contributed by atoms with van der Waals surface area (Å²) in [5.74, 6) is -0.143. The highest BCUT2D eigenvalue weighted by Gasteiger charge is 2.32. The Morgan fingerprint density at radius 3 is 2.35 bits per heavy atom. The molecular weight excluding hydrogens is 388 g/mol. The maximum atomic E-state index is 11.2. The molecule has 0 fully saturated rings. The van der Waals surface area contributed by atoms with E-state index in [4.69, 9.17) is 4.74 Å². The van der Waals surface area contributed by atoms with Crippen molar-refractivity contribution in [2.24, 2.45) is 5.92 Å². The Hall–Kier alpha value is -2.23. The van der Waals surface area contributed by atoms with E-state index in [9.17, 15) is 15.0 Å². The van der Waals surface area contributed by atoms with Crippen LogP contribution in [0, 0.1) is 5.92 Å². The summed E-state index contributed by atoms with van der Waals surface area (Å²) >= 11 is 0. The fraction of sp³-hybridized carbons (Fsp3) is 0.593. The summed E-state index contributed by atoms with van der Waals surface area (Å²) in [5.41, 5.74) is 3.40. The predicted molar refractivity (Wildman–Crippen MR) is 127 cm³/mol. The minimum Gasteiger partial charge on any atom is -0.507 e. The minimum atomic E-state index is -0.310. The number of hydrogen-bond acceptors (Lipinski definition) is 4. The van der Waals surface area contributed by atoms with E-state index in [1.807, 2.05) is 25.1 Å². The second kappa shape index (κ2) is 10.9. The van der Waals surface area contributed by atoms with Gasteiger partial charge < -0.3 is 14.9 Å². The third-order valence-electron chi connectivity index (χ3n) is 6.63. The smallest absolute Gasteiger partial charge is 0.302 e. The summed E-state index contributed by atoms with van der Waals surface area (Å²) in [6.07, 6.45) is 9.47. The molecule has 1 aromatic carbocycles. The molecule has 4 nitrogen and oxygen atoms in total. The molecule has 1 aliphatic rings. The molecule has 0 aromatic heterocycles. The molecule has 2 atom stereocenters. The molecule has 4 heteroatoms. The normalized spacial score (nSPS) is 19.1. The van der Waals surface area contributed by atoms with Crippen LogP contribution in [0.15, 0.2) is 35.9 Å². The van der Waals surface area contributed by atoms with Crippen LogP contribution in [-0.2, 0) is 14.9 Å². The molecule has 0 amide bonds. The van der Waals surface area contributed by atoms with Crippen molar-refractivity contribution < 1.29 is 19.7 Å². The van der Waals surface area contributed by atoms with E-state index >= 15 is 0 Å². The van der Waals surface area contributed by atoms with Crippen LogP contribution in [0.4, 0.5) is 0 Å². The number of carbonyl (C=O) groups excluding carboxylic acids is 1. The minimum absolute atomic E-state index is 0.116. The highest BCUT2D eigenvalue weighted by Crippen LogP contribution is 2.48. The fourth-order valence-corrected chi connectivity index (χ4v) is 4.62. The second-order valence-corrected chi connectivity index (χ2v) is 9.75. The van der Waals surface area contributed by atoms with Crippen molar-refractivity contribution in [3.8, 4) is 11.5 Å². The van der Waals surface area contributed by atoms with Crippen LogP contribution in [0.1, 0.15) is 96.6 Å². The lowest BCUT2D eigenvalue weighted by atomic mass is 9.72. The van der Waals surface area contributed by atoms with Crippen LogP contribution in [0.3, 0.4) is 0 Å². The lowest BCUT2D eigenvalue weighted by molar-refractivity contribution is -0.140. The summed E-state index contributed by atoms with van der Waals surface area (Å²) in [6.45, 7) is 14.3. The van der Waals surface area contributed by atoms with Crippen molar-refractivity contribution >= 4 is 5.97 Å². The number of unbranched alkanes of at least 4 members (excludes halogenated alkanes) is 3. The molecule has 1 aromatic rings. The van der Waals surface area contributed by atoms with E-state index < -0.39 is 0 Å². The Morgan fingerprint density at radius 1 is 1.16 bits per heavy atom. The number of hydrogen-bond donors (Lipinski definition) is 2. The number of rotatable bonds is 10. The number of allylic oxidation sites excluding steroid dienone is 2.